The topological polar surface area (TPSA) is 58.2 Å². The van der Waals surface area contributed by atoms with E-state index < -0.39 is 0 Å². The number of alkyl halides is 1. The lowest BCUT2D eigenvalue weighted by atomic mass is 10.1. The summed E-state index contributed by atoms with van der Waals surface area (Å²) in [4.78, 5) is 22.7. The summed E-state index contributed by atoms with van der Waals surface area (Å²) in [5.41, 5.74) is 0. The number of amides is 2. The van der Waals surface area contributed by atoms with E-state index in [9.17, 15) is 9.59 Å². The summed E-state index contributed by atoms with van der Waals surface area (Å²) in [5.74, 6) is -0.0640. The molecular formula is C12H21IN2O2. The van der Waals surface area contributed by atoms with E-state index in [0.717, 1.165) is 12.8 Å². The predicted octanol–water partition coefficient (Wildman–Crippen LogP) is 1.77. The fourth-order valence-electron chi connectivity index (χ4n) is 1.72. The Balaban J connectivity index is 2.07. The fraction of sp³-hybridized carbons (Fsp3) is 0.833. The molecule has 98 valence electrons. The summed E-state index contributed by atoms with van der Waals surface area (Å²) in [6.07, 6.45) is 6.98. The van der Waals surface area contributed by atoms with Gasteiger partial charge in [0.05, 0.1) is 3.92 Å². The van der Waals surface area contributed by atoms with Crippen LogP contribution >= 0.6 is 22.6 Å². The Labute approximate surface area is 116 Å². The molecule has 0 aromatic heterocycles. The zero-order chi connectivity index (χ0) is 12.7. The Kier molecular flexibility index (Phi) is 6.84. The van der Waals surface area contributed by atoms with Crippen molar-refractivity contribution < 1.29 is 9.59 Å². The molecule has 0 spiro atoms. The molecule has 2 atom stereocenters. The van der Waals surface area contributed by atoms with Gasteiger partial charge in [-0.25, -0.2) is 0 Å². The molecule has 2 amide bonds. The van der Waals surface area contributed by atoms with Gasteiger partial charge in [0.1, 0.15) is 6.04 Å². The third kappa shape index (κ3) is 5.23. The van der Waals surface area contributed by atoms with Gasteiger partial charge >= 0.3 is 0 Å². The van der Waals surface area contributed by atoms with Crippen molar-refractivity contribution in [3.63, 3.8) is 0 Å². The predicted molar refractivity (Wildman–Crippen MR) is 76.1 cm³/mol. The van der Waals surface area contributed by atoms with Crippen LogP contribution in [0.3, 0.4) is 0 Å². The van der Waals surface area contributed by atoms with Gasteiger partial charge in [0, 0.05) is 6.54 Å². The number of nitrogens with one attached hydrogen (secondary N) is 2. The highest BCUT2D eigenvalue weighted by Crippen LogP contribution is 2.14. The number of unbranched alkanes of at least 4 members (excludes halogenated alkanes) is 4. The highest BCUT2D eigenvalue weighted by molar-refractivity contribution is 14.1. The van der Waals surface area contributed by atoms with Crippen molar-refractivity contribution in [3.8, 4) is 0 Å². The lowest BCUT2D eigenvalue weighted by Gasteiger charge is -2.27. The quantitative estimate of drug-likeness (QED) is 0.303. The zero-order valence-electron chi connectivity index (χ0n) is 10.3. The molecule has 0 saturated carbocycles. The van der Waals surface area contributed by atoms with Gasteiger partial charge < -0.3 is 10.6 Å². The van der Waals surface area contributed by atoms with Crippen LogP contribution in [0.4, 0.5) is 0 Å². The van der Waals surface area contributed by atoms with Gasteiger partial charge in [-0.3, -0.25) is 9.59 Å². The average molecular weight is 352 g/mol. The molecule has 17 heavy (non-hydrogen) atoms. The summed E-state index contributed by atoms with van der Waals surface area (Å²) in [7, 11) is 0. The van der Waals surface area contributed by atoms with Crippen molar-refractivity contribution in [2.24, 2.45) is 0 Å². The van der Waals surface area contributed by atoms with Gasteiger partial charge in [-0.15, -0.1) is 0 Å². The van der Waals surface area contributed by atoms with E-state index in [1.54, 1.807) is 0 Å². The Morgan fingerprint density at radius 2 is 2.18 bits per heavy atom. The van der Waals surface area contributed by atoms with E-state index in [0.29, 0.717) is 6.54 Å². The first-order valence-electron chi connectivity index (χ1n) is 6.37. The maximum Gasteiger partial charge on any atom is 0.244 e. The first-order valence-corrected chi connectivity index (χ1v) is 7.62. The first kappa shape index (κ1) is 14.7. The number of β-lactam (4-membered cyclic amide) rings is 1. The molecule has 0 unspecified atom stereocenters. The number of carbonyl (C=O) groups is 2. The Hall–Kier alpha value is -0.330. The molecule has 2 N–H and O–H groups in total. The van der Waals surface area contributed by atoms with Crippen molar-refractivity contribution in [1.82, 2.24) is 10.6 Å². The minimum absolute atomic E-state index is 0.000872. The second-order valence-electron chi connectivity index (χ2n) is 4.48. The standard InChI is InChI=1S/C12H21IN2O2/c1-2-3-4-5-6-7-9(13)11(16)15-10-8-14-12(10)17/h9-10H,2-8H2,1H3,(H,14,17)(H,15,16)/t9-,10+/m1/s1. The van der Waals surface area contributed by atoms with Crippen molar-refractivity contribution in [2.75, 3.05) is 6.54 Å². The number of hydrogen-bond acceptors (Lipinski definition) is 2. The summed E-state index contributed by atoms with van der Waals surface area (Å²) >= 11 is 2.17. The maximum absolute atomic E-state index is 11.7. The second-order valence-corrected chi connectivity index (χ2v) is 5.98. The van der Waals surface area contributed by atoms with Crippen molar-refractivity contribution in [2.45, 2.75) is 55.4 Å². The van der Waals surface area contributed by atoms with Crippen LogP contribution in [0.15, 0.2) is 0 Å². The molecule has 1 rings (SSSR count). The molecule has 0 bridgehead atoms. The SMILES string of the molecule is CCCCCCC[C@@H](I)C(=O)N[C@H]1CNC1=O. The molecule has 0 radical (unpaired) electrons. The smallest absolute Gasteiger partial charge is 0.244 e. The van der Waals surface area contributed by atoms with Crippen molar-refractivity contribution >= 4 is 34.4 Å². The third-order valence-electron chi connectivity index (χ3n) is 2.96. The monoisotopic (exact) mass is 352 g/mol. The zero-order valence-corrected chi connectivity index (χ0v) is 12.5. The lowest BCUT2D eigenvalue weighted by molar-refractivity contribution is -0.133. The van der Waals surface area contributed by atoms with Gasteiger partial charge in [-0.2, -0.15) is 0 Å². The molecule has 1 saturated heterocycles. The largest absolute Gasteiger partial charge is 0.352 e. The van der Waals surface area contributed by atoms with Crippen LogP contribution in [0.25, 0.3) is 0 Å². The van der Waals surface area contributed by atoms with Crippen LogP contribution in [0.1, 0.15) is 45.4 Å². The third-order valence-corrected chi connectivity index (χ3v) is 4.15. The highest BCUT2D eigenvalue weighted by Gasteiger charge is 2.30. The lowest BCUT2D eigenvalue weighted by Crippen LogP contribution is -2.62. The van der Waals surface area contributed by atoms with Crippen LogP contribution in [0.2, 0.25) is 0 Å². The number of hydrogen-bond donors (Lipinski definition) is 2. The number of halogens is 1. The maximum atomic E-state index is 11.7. The molecule has 4 nitrogen and oxygen atoms in total. The number of rotatable bonds is 8. The molecule has 1 fully saturated rings. The Morgan fingerprint density at radius 1 is 1.47 bits per heavy atom. The molecule has 0 aliphatic carbocycles. The van der Waals surface area contributed by atoms with E-state index >= 15 is 0 Å². The second kappa shape index (κ2) is 7.89. The molecule has 1 aliphatic rings. The van der Waals surface area contributed by atoms with E-state index in [1.807, 2.05) is 0 Å². The van der Waals surface area contributed by atoms with Crippen LogP contribution in [-0.4, -0.2) is 28.3 Å². The fourth-order valence-corrected chi connectivity index (χ4v) is 2.34. The summed E-state index contributed by atoms with van der Waals surface area (Å²) < 4.78 is -0.0115. The first-order chi connectivity index (χ1) is 8.15. The van der Waals surface area contributed by atoms with Crippen LogP contribution in [0.5, 0.6) is 0 Å². The van der Waals surface area contributed by atoms with Crippen molar-refractivity contribution in [1.29, 1.82) is 0 Å². The summed E-state index contributed by atoms with van der Waals surface area (Å²) in [5, 5.41) is 5.37. The van der Waals surface area contributed by atoms with Gasteiger partial charge in [0.15, 0.2) is 0 Å². The van der Waals surface area contributed by atoms with E-state index in [4.69, 9.17) is 0 Å². The minimum Gasteiger partial charge on any atom is -0.352 e. The summed E-state index contributed by atoms with van der Waals surface area (Å²) in [6, 6.07) is -0.292. The minimum atomic E-state index is -0.292. The van der Waals surface area contributed by atoms with Crippen LogP contribution in [0, 0.1) is 0 Å². The van der Waals surface area contributed by atoms with E-state index in [1.165, 1.54) is 25.7 Å². The molecule has 0 aromatic carbocycles. The number of carbonyl (C=O) groups excluding carboxylic acids is 2. The van der Waals surface area contributed by atoms with Gasteiger partial charge in [-0.1, -0.05) is 61.6 Å². The average Bonchev–Trinajstić information content (AvgIpc) is 2.33. The van der Waals surface area contributed by atoms with Crippen LogP contribution < -0.4 is 10.6 Å². The highest BCUT2D eigenvalue weighted by atomic mass is 127. The van der Waals surface area contributed by atoms with Crippen molar-refractivity contribution in [3.05, 3.63) is 0 Å². The Bertz CT molecular complexity index is 271. The molecule has 1 heterocycles. The van der Waals surface area contributed by atoms with Crippen LogP contribution in [-0.2, 0) is 9.59 Å². The van der Waals surface area contributed by atoms with Gasteiger partial charge in [0.2, 0.25) is 11.8 Å². The van der Waals surface area contributed by atoms with Gasteiger partial charge in [-0.05, 0) is 6.42 Å². The molecule has 0 aromatic rings. The molecule has 1 aliphatic heterocycles. The molecule has 5 heteroatoms. The summed E-state index contributed by atoms with van der Waals surface area (Å²) in [6.45, 7) is 2.77. The molecular weight excluding hydrogens is 331 g/mol. The van der Waals surface area contributed by atoms with Gasteiger partial charge in [0.25, 0.3) is 0 Å². The van der Waals surface area contributed by atoms with E-state index in [2.05, 4.69) is 40.1 Å². The van der Waals surface area contributed by atoms with E-state index in [-0.39, 0.29) is 21.8 Å². The normalized spacial score (nSPS) is 20.4. The Morgan fingerprint density at radius 3 is 2.71 bits per heavy atom.